The van der Waals surface area contributed by atoms with Crippen molar-refractivity contribution < 1.29 is 4.74 Å². The minimum Gasteiger partial charge on any atom is -0.370 e. The van der Waals surface area contributed by atoms with Crippen LogP contribution in [-0.4, -0.2) is 49.3 Å². The molecule has 110 valence electrons. The lowest BCUT2D eigenvalue weighted by molar-refractivity contribution is -0.0488. The predicted octanol–water partition coefficient (Wildman–Crippen LogP) is 2.55. The van der Waals surface area contributed by atoms with Crippen molar-refractivity contribution in [1.82, 2.24) is 10.2 Å². The van der Waals surface area contributed by atoms with E-state index in [9.17, 15) is 0 Å². The van der Waals surface area contributed by atoms with Gasteiger partial charge in [-0.05, 0) is 65.1 Å². The Morgan fingerprint density at radius 2 is 1.89 bits per heavy atom. The van der Waals surface area contributed by atoms with Gasteiger partial charge in [-0.1, -0.05) is 12.8 Å². The van der Waals surface area contributed by atoms with Crippen LogP contribution in [0.4, 0.5) is 0 Å². The SMILES string of the molecule is CN(CC1CCC2(CCCC2)O1)C1CCCNCC1. The van der Waals surface area contributed by atoms with Gasteiger partial charge in [0.15, 0.2) is 0 Å². The van der Waals surface area contributed by atoms with E-state index < -0.39 is 0 Å². The van der Waals surface area contributed by atoms with Crippen molar-refractivity contribution in [2.24, 2.45) is 0 Å². The Morgan fingerprint density at radius 3 is 2.74 bits per heavy atom. The zero-order valence-electron chi connectivity index (χ0n) is 12.5. The summed E-state index contributed by atoms with van der Waals surface area (Å²) >= 11 is 0. The molecule has 1 spiro atoms. The number of hydrogen-bond donors (Lipinski definition) is 1. The molecule has 3 fully saturated rings. The highest BCUT2D eigenvalue weighted by molar-refractivity contribution is 4.93. The fourth-order valence-electron chi connectivity index (χ4n) is 4.32. The maximum Gasteiger partial charge on any atom is 0.0710 e. The van der Waals surface area contributed by atoms with Gasteiger partial charge in [-0.2, -0.15) is 0 Å². The number of ether oxygens (including phenoxy) is 1. The van der Waals surface area contributed by atoms with Gasteiger partial charge in [0.2, 0.25) is 0 Å². The van der Waals surface area contributed by atoms with Crippen molar-refractivity contribution in [2.45, 2.75) is 75.5 Å². The molecule has 3 rings (SSSR count). The van der Waals surface area contributed by atoms with Crippen LogP contribution in [0.25, 0.3) is 0 Å². The molecule has 0 aromatic carbocycles. The first kappa shape index (κ1) is 13.8. The van der Waals surface area contributed by atoms with Crippen molar-refractivity contribution in [1.29, 1.82) is 0 Å². The van der Waals surface area contributed by atoms with E-state index in [0.29, 0.717) is 11.7 Å². The third kappa shape index (κ3) is 3.32. The first-order valence-electron chi connectivity index (χ1n) is 8.36. The van der Waals surface area contributed by atoms with Crippen LogP contribution < -0.4 is 5.32 Å². The maximum atomic E-state index is 6.45. The second-order valence-electron chi connectivity index (χ2n) is 6.94. The minimum atomic E-state index is 0.302. The molecule has 3 heteroatoms. The van der Waals surface area contributed by atoms with Gasteiger partial charge in [-0.15, -0.1) is 0 Å². The van der Waals surface area contributed by atoms with Crippen LogP contribution in [0.1, 0.15) is 57.8 Å². The zero-order chi connectivity index (χ0) is 13.1. The summed E-state index contributed by atoms with van der Waals surface area (Å²) in [7, 11) is 2.30. The largest absolute Gasteiger partial charge is 0.370 e. The molecular weight excluding hydrogens is 236 g/mol. The number of rotatable bonds is 3. The van der Waals surface area contributed by atoms with Crippen LogP contribution in [0.3, 0.4) is 0 Å². The monoisotopic (exact) mass is 266 g/mol. The Hall–Kier alpha value is -0.120. The fourth-order valence-corrected chi connectivity index (χ4v) is 4.32. The quantitative estimate of drug-likeness (QED) is 0.849. The van der Waals surface area contributed by atoms with Crippen molar-refractivity contribution in [3.63, 3.8) is 0 Å². The Labute approximate surface area is 118 Å². The zero-order valence-corrected chi connectivity index (χ0v) is 12.5. The van der Waals surface area contributed by atoms with Crippen molar-refractivity contribution in [3.8, 4) is 0 Å². The fraction of sp³-hybridized carbons (Fsp3) is 1.00. The van der Waals surface area contributed by atoms with Gasteiger partial charge in [-0.3, -0.25) is 0 Å². The molecule has 0 aromatic rings. The molecule has 2 unspecified atom stereocenters. The first-order chi connectivity index (χ1) is 9.27. The van der Waals surface area contributed by atoms with Crippen LogP contribution >= 0.6 is 0 Å². The van der Waals surface area contributed by atoms with E-state index in [0.717, 1.165) is 12.6 Å². The highest BCUT2D eigenvalue weighted by atomic mass is 16.5. The smallest absolute Gasteiger partial charge is 0.0710 e. The molecular formula is C16H30N2O. The van der Waals surface area contributed by atoms with E-state index in [1.807, 2.05) is 0 Å². The van der Waals surface area contributed by atoms with Crippen LogP contribution in [-0.2, 0) is 4.74 Å². The lowest BCUT2D eigenvalue weighted by Gasteiger charge is -2.30. The molecule has 3 aliphatic rings. The van der Waals surface area contributed by atoms with Crippen LogP contribution in [0.5, 0.6) is 0 Å². The number of hydrogen-bond acceptors (Lipinski definition) is 3. The minimum absolute atomic E-state index is 0.302. The van der Waals surface area contributed by atoms with Gasteiger partial charge in [-0.25, -0.2) is 0 Å². The topological polar surface area (TPSA) is 24.5 Å². The summed E-state index contributed by atoms with van der Waals surface area (Å²) in [6, 6.07) is 0.763. The van der Waals surface area contributed by atoms with Crippen molar-refractivity contribution >= 4 is 0 Å². The molecule has 19 heavy (non-hydrogen) atoms. The van der Waals surface area contributed by atoms with E-state index in [-0.39, 0.29) is 0 Å². The lowest BCUT2D eigenvalue weighted by Crippen LogP contribution is -2.39. The second kappa shape index (κ2) is 6.11. The molecule has 2 atom stereocenters. The van der Waals surface area contributed by atoms with Gasteiger partial charge in [0.05, 0.1) is 11.7 Å². The van der Waals surface area contributed by atoms with Crippen LogP contribution in [0.2, 0.25) is 0 Å². The Kier molecular flexibility index (Phi) is 4.45. The van der Waals surface area contributed by atoms with Gasteiger partial charge < -0.3 is 15.0 Å². The van der Waals surface area contributed by atoms with E-state index >= 15 is 0 Å². The molecule has 0 aromatic heterocycles. The molecule has 1 aliphatic carbocycles. The summed E-state index contributed by atoms with van der Waals surface area (Å²) in [5.74, 6) is 0. The first-order valence-corrected chi connectivity index (χ1v) is 8.36. The van der Waals surface area contributed by atoms with Crippen molar-refractivity contribution in [2.75, 3.05) is 26.7 Å². The van der Waals surface area contributed by atoms with Gasteiger partial charge in [0.25, 0.3) is 0 Å². The van der Waals surface area contributed by atoms with Gasteiger partial charge >= 0.3 is 0 Å². The molecule has 3 nitrogen and oxygen atoms in total. The molecule has 1 saturated carbocycles. The van der Waals surface area contributed by atoms with E-state index in [1.54, 1.807) is 0 Å². The van der Waals surface area contributed by atoms with Crippen LogP contribution in [0.15, 0.2) is 0 Å². The third-order valence-electron chi connectivity index (χ3n) is 5.51. The van der Waals surface area contributed by atoms with Crippen LogP contribution in [0, 0.1) is 0 Å². The normalized spacial score (nSPS) is 35.1. The average molecular weight is 266 g/mol. The van der Waals surface area contributed by atoms with Gasteiger partial charge in [0.1, 0.15) is 0 Å². The molecule has 1 N–H and O–H groups in total. The van der Waals surface area contributed by atoms with E-state index in [2.05, 4.69) is 17.3 Å². The lowest BCUT2D eigenvalue weighted by atomic mass is 9.98. The van der Waals surface area contributed by atoms with E-state index in [4.69, 9.17) is 4.74 Å². The van der Waals surface area contributed by atoms with Crippen molar-refractivity contribution in [3.05, 3.63) is 0 Å². The standard InChI is InChI=1S/C16H30N2O/c1-18(14-5-4-11-17-12-7-14)13-15-6-10-16(19-15)8-2-3-9-16/h14-15,17H,2-13H2,1H3. The summed E-state index contributed by atoms with van der Waals surface area (Å²) < 4.78 is 6.45. The Balaban J connectivity index is 1.48. The molecule has 2 saturated heterocycles. The number of nitrogens with zero attached hydrogens (tertiary/aromatic N) is 1. The molecule has 2 heterocycles. The van der Waals surface area contributed by atoms with Gasteiger partial charge in [0, 0.05) is 12.6 Å². The maximum absolute atomic E-state index is 6.45. The van der Waals surface area contributed by atoms with E-state index in [1.165, 1.54) is 70.9 Å². The summed E-state index contributed by atoms with van der Waals surface area (Å²) in [6.07, 6.45) is 12.5. The summed E-state index contributed by atoms with van der Waals surface area (Å²) in [6.45, 7) is 3.53. The summed E-state index contributed by atoms with van der Waals surface area (Å²) in [5.41, 5.74) is 0.302. The Bertz CT molecular complexity index is 280. The third-order valence-corrected chi connectivity index (χ3v) is 5.51. The highest BCUT2D eigenvalue weighted by Gasteiger charge is 2.42. The molecule has 0 bridgehead atoms. The molecule has 2 aliphatic heterocycles. The average Bonchev–Trinajstić information content (AvgIpc) is 2.92. The molecule has 0 amide bonds. The number of likely N-dealkylation sites (N-methyl/N-ethyl adjacent to an activating group) is 1. The second-order valence-corrected chi connectivity index (χ2v) is 6.94. The molecule has 0 radical (unpaired) electrons. The predicted molar refractivity (Wildman–Crippen MR) is 78.4 cm³/mol. The summed E-state index contributed by atoms with van der Waals surface area (Å²) in [5, 5.41) is 3.51. The highest BCUT2D eigenvalue weighted by Crippen LogP contribution is 2.43. The summed E-state index contributed by atoms with van der Waals surface area (Å²) in [4.78, 5) is 2.58. The Morgan fingerprint density at radius 1 is 1.05 bits per heavy atom. The number of nitrogens with one attached hydrogen (secondary N) is 1.